The summed E-state index contributed by atoms with van der Waals surface area (Å²) in [4.78, 5) is 16.8. The predicted octanol–water partition coefficient (Wildman–Crippen LogP) is 3.67. The summed E-state index contributed by atoms with van der Waals surface area (Å²) in [7, 11) is 0. The molecule has 1 N–H and O–H groups in total. The van der Waals surface area contributed by atoms with E-state index in [1.54, 1.807) is 18.3 Å². The Balaban J connectivity index is 1.80. The van der Waals surface area contributed by atoms with Crippen molar-refractivity contribution >= 4 is 5.91 Å². The minimum atomic E-state index is -0.343. The molecule has 0 aliphatic rings. The number of hydrogen-bond acceptors (Lipinski definition) is 2. The number of hydrogen-bond donors (Lipinski definition) is 1. The van der Waals surface area contributed by atoms with Crippen LogP contribution in [0.5, 0.6) is 0 Å². The maximum absolute atomic E-state index is 13.3. The average Bonchev–Trinajstić information content (AvgIpc) is 2.61. The second-order valence-electron chi connectivity index (χ2n) is 5.47. The molecule has 0 spiro atoms. The first kappa shape index (κ1) is 15.9. The van der Waals surface area contributed by atoms with Crippen LogP contribution in [0, 0.1) is 5.82 Å². The number of benzene rings is 2. The number of aromatic nitrogens is 1. The molecule has 0 aliphatic heterocycles. The molecule has 0 bridgehead atoms. The Morgan fingerprint density at radius 1 is 1.00 bits per heavy atom. The topological polar surface area (TPSA) is 42.0 Å². The molecule has 3 aromatic rings. The molecule has 24 heavy (non-hydrogen) atoms. The lowest BCUT2D eigenvalue weighted by atomic mass is 10.0. The van der Waals surface area contributed by atoms with Gasteiger partial charge in [-0.05, 0) is 35.4 Å². The fraction of sp³-hybridized carbons (Fsp3) is 0.100. The van der Waals surface area contributed by atoms with Crippen LogP contribution in [-0.2, 0) is 11.2 Å². The normalized spacial score (nSPS) is 11.7. The number of nitrogens with zero attached hydrogens (tertiary/aromatic N) is 1. The van der Waals surface area contributed by atoms with E-state index in [1.807, 2.05) is 48.5 Å². The van der Waals surface area contributed by atoms with Crippen molar-refractivity contribution in [2.75, 3.05) is 0 Å². The van der Waals surface area contributed by atoms with Crippen LogP contribution in [0.15, 0.2) is 79.0 Å². The first-order valence-electron chi connectivity index (χ1n) is 7.72. The summed E-state index contributed by atoms with van der Waals surface area (Å²) in [6.07, 6.45) is 1.82. The zero-order chi connectivity index (χ0) is 16.8. The van der Waals surface area contributed by atoms with Crippen molar-refractivity contribution in [3.8, 4) is 0 Å². The number of carbonyl (C=O) groups is 1. The van der Waals surface area contributed by atoms with Gasteiger partial charge >= 0.3 is 0 Å². The summed E-state index contributed by atoms with van der Waals surface area (Å²) in [5.41, 5.74) is 2.35. The van der Waals surface area contributed by atoms with Crippen molar-refractivity contribution in [2.45, 2.75) is 12.5 Å². The van der Waals surface area contributed by atoms with Crippen LogP contribution in [0.4, 0.5) is 4.39 Å². The molecule has 1 atom stereocenters. The summed E-state index contributed by atoms with van der Waals surface area (Å²) in [6.45, 7) is 0. The third-order valence-corrected chi connectivity index (χ3v) is 3.68. The molecule has 3 nitrogen and oxygen atoms in total. The number of halogens is 1. The van der Waals surface area contributed by atoms with Crippen molar-refractivity contribution < 1.29 is 9.18 Å². The Labute approximate surface area is 140 Å². The standard InChI is InChI=1S/C20H17FN2O/c21-17-10-6-7-15(13-17)14-19(24)23-20(16-8-2-1-3-9-16)18-11-4-5-12-22-18/h1-13,20H,14H2,(H,23,24). The van der Waals surface area contributed by atoms with Crippen LogP contribution < -0.4 is 5.32 Å². The molecule has 120 valence electrons. The van der Waals surface area contributed by atoms with Crippen molar-refractivity contribution in [1.82, 2.24) is 10.3 Å². The van der Waals surface area contributed by atoms with E-state index in [0.717, 1.165) is 11.3 Å². The van der Waals surface area contributed by atoms with Crippen LogP contribution in [0.25, 0.3) is 0 Å². The Kier molecular flexibility index (Phi) is 4.96. The van der Waals surface area contributed by atoms with E-state index in [2.05, 4.69) is 10.3 Å². The van der Waals surface area contributed by atoms with Gasteiger partial charge in [-0.1, -0.05) is 48.5 Å². The van der Waals surface area contributed by atoms with E-state index < -0.39 is 0 Å². The Hall–Kier alpha value is -3.01. The van der Waals surface area contributed by atoms with E-state index in [1.165, 1.54) is 12.1 Å². The van der Waals surface area contributed by atoms with Crippen LogP contribution in [0.1, 0.15) is 22.9 Å². The van der Waals surface area contributed by atoms with Gasteiger partial charge < -0.3 is 5.32 Å². The van der Waals surface area contributed by atoms with Gasteiger partial charge in [0.2, 0.25) is 5.91 Å². The molecule has 1 heterocycles. The molecular formula is C20H17FN2O. The second kappa shape index (κ2) is 7.51. The molecule has 1 amide bonds. The summed E-state index contributed by atoms with van der Waals surface area (Å²) in [6, 6.07) is 21.0. The van der Waals surface area contributed by atoms with Gasteiger partial charge in [0.1, 0.15) is 5.82 Å². The molecule has 2 aromatic carbocycles. The maximum Gasteiger partial charge on any atom is 0.225 e. The van der Waals surface area contributed by atoms with Gasteiger partial charge in [0.05, 0.1) is 18.2 Å². The highest BCUT2D eigenvalue weighted by Crippen LogP contribution is 2.20. The van der Waals surface area contributed by atoms with Crippen molar-refractivity contribution in [3.05, 3.63) is 102 Å². The zero-order valence-corrected chi connectivity index (χ0v) is 13.0. The highest BCUT2D eigenvalue weighted by Gasteiger charge is 2.18. The summed E-state index contributed by atoms with van der Waals surface area (Å²) >= 11 is 0. The van der Waals surface area contributed by atoms with Gasteiger partial charge in [0.25, 0.3) is 0 Å². The number of carbonyl (C=O) groups excluding carboxylic acids is 1. The summed E-state index contributed by atoms with van der Waals surface area (Å²) in [5, 5.41) is 2.99. The summed E-state index contributed by atoms with van der Waals surface area (Å²) in [5.74, 6) is -0.523. The van der Waals surface area contributed by atoms with E-state index in [9.17, 15) is 9.18 Å². The predicted molar refractivity (Wildman–Crippen MR) is 90.8 cm³/mol. The third kappa shape index (κ3) is 4.04. The van der Waals surface area contributed by atoms with Gasteiger partial charge in [-0.25, -0.2) is 4.39 Å². The molecule has 4 heteroatoms. The third-order valence-electron chi connectivity index (χ3n) is 3.68. The van der Waals surface area contributed by atoms with Gasteiger partial charge in [-0.15, -0.1) is 0 Å². The van der Waals surface area contributed by atoms with Crippen LogP contribution >= 0.6 is 0 Å². The number of rotatable bonds is 5. The number of pyridine rings is 1. The van der Waals surface area contributed by atoms with Crippen molar-refractivity contribution in [2.24, 2.45) is 0 Å². The van der Waals surface area contributed by atoms with Crippen LogP contribution in [0.2, 0.25) is 0 Å². The molecule has 1 aromatic heterocycles. The van der Waals surface area contributed by atoms with Gasteiger partial charge in [-0.2, -0.15) is 0 Å². The molecule has 0 saturated carbocycles. The van der Waals surface area contributed by atoms with Gasteiger partial charge in [0, 0.05) is 6.20 Å². The summed E-state index contributed by atoms with van der Waals surface area (Å²) < 4.78 is 13.3. The van der Waals surface area contributed by atoms with E-state index in [0.29, 0.717) is 5.56 Å². The molecule has 1 unspecified atom stereocenters. The fourth-order valence-electron chi connectivity index (χ4n) is 2.56. The smallest absolute Gasteiger partial charge is 0.225 e. The van der Waals surface area contributed by atoms with Crippen molar-refractivity contribution in [3.63, 3.8) is 0 Å². The second-order valence-corrected chi connectivity index (χ2v) is 5.47. The van der Waals surface area contributed by atoms with Gasteiger partial charge in [0.15, 0.2) is 0 Å². The quantitative estimate of drug-likeness (QED) is 0.779. The highest BCUT2D eigenvalue weighted by molar-refractivity contribution is 5.79. The SMILES string of the molecule is O=C(Cc1cccc(F)c1)NC(c1ccccc1)c1ccccn1. The monoisotopic (exact) mass is 320 g/mol. The first-order chi connectivity index (χ1) is 11.7. The highest BCUT2D eigenvalue weighted by atomic mass is 19.1. The van der Waals surface area contributed by atoms with E-state index in [-0.39, 0.29) is 24.2 Å². The van der Waals surface area contributed by atoms with Gasteiger partial charge in [-0.3, -0.25) is 9.78 Å². The molecule has 0 aliphatic carbocycles. The lowest BCUT2D eigenvalue weighted by Gasteiger charge is -2.19. The van der Waals surface area contributed by atoms with Crippen LogP contribution in [0.3, 0.4) is 0 Å². The first-order valence-corrected chi connectivity index (χ1v) is 7.72. The van der Waals surface area contributed by atoms with E-state index >= 15 is 0 Å². The van der Waals surface area contributed by atoms with E-state index in [4.69, 9.17) is 0 Å². The molecule has 3 rings (SSSR count). The maximum atomic E-state index is 13.3. The number of nitrogens with one attached hydrogen (secondary N) is 1. The Morgan fingerprint density at radius 2 is 1.79 bits per heavy atom. The lowest BCUT2D eigenvalue weighted by Crippen LogP contribution is -2.31. The minimum Gasteiger partial charge on any atom is -0.343 e. The molecule has 0 radical (unpaired) electrons. The lowest BCUT2D eigenvalue weighted by molar-refractivity contribution is -0.121. The number of amides is 1. The molecule has 0 fully saturated rings. The Morgan fingerprint density at radius 3 is 2.50 bits per heavy atom. The fourth-order valence-corrected chi connectivity index (χ4v) is 2.56. The Bertz CT molecular complexity index is 767. The molecular weight excluding hydrogens is 303 g/mol. The average molecular weight is 320 g/mol. The molecule has 0 saturated heterocycles. The zero-order valence-electron chi connectivity index (χ0n) is 13.0. The largest absolute Gasteiger partial charge is 0.343 e. The minimum absolute atomic E-state index is 0.119. The van der Waals surface area contributed by atoms with Crippen LogP contribution in [-0.4, -0.2) is 10.9 Å². The van der Waals surface area contributed by atoms with Crippen molar-refractivity contribution in [1.29, 1.82) is 0 Å².